The van der Waals surface area contributed by atoms with E-state index in [0.717, 1.165) is 9.21 Å². The molecule has 2 aromatic heterocycles. The van der Waals surface area contributed by atoms with Crippen molar-refractivity contribution in [2.24, 2.45) is 0 Å². The van der Waals surface area contributed by atoms with Crippen LogP contribution in [0.3, 0.4) is 0 Å². The van der Waals surface area contributed by atoms with Gasteiger partial charge in [-0.15, -0.1) is 11.3 Å². The van der Waals surface area contributed by atoms with Crippen molar-refractivity contribution in [1.82, 2.24) is 10.3 Å². The van der Waals surface area contributed by atoms with E-state index in [1.807, 2.05) is 19.1 Å². The number of nitro groups is 1. The van der Waals surface area contributed by atoms with Crippen LogP contribution in [0.15, 0.2) is 18.3 Å². The molecule has 0 amide bonds. The maximum Gasteiger partial charge on any atom is 0.278 e. The Bertz CT molecular complexity index is 672. The average molecular weight is 326 g/mol. The molecule has 0 aliphatic heterocycles. The van der Waals surface area contributed by atoms with E-state index in [0.29, 0.717) is 23.4 Å². The zero-order valence-corrected chi connectivity index (χ0v) is 13.6. The molecule has 0 aliphatic carbocycles. The van der Waals surface area contributed by atoms with Crippen LogP contribution in [0.2, 0.25) is 4.34 Å². The molecule has 7 heteroatoms. The fourth-order valence-corrected chi connectivity index (χ4v) is 3.22. The third-order valence-corrected chi connectivity index (χ3v) is 4.77. The number of rotatable bonds is 5. The van der Waals surface area contributed by atoms with Crippen molar-refractivity contribution in [3.8, 4) is 0 Å². The molecule has 0 bridgehead atoms. The first-order chi connectivity index (χ1) is 9.90. The minimum Gasteiger partial charge on any atom is -0.304 e. The maximum atomic E-state index is 11.1. The van der Waals surface area contributed by atoms with Crippen molar-refractivity contribution < 1.29 is 4.92 Å². The van der Waals surface area contributed by atoms with Crippen LogP contribution in [0.4, 0.5) is 5.69 Å². The van der Waals surface area contributed by atoms with Crippen LogP contribution >= 0.6 is 22.9 Å². The van der Waals surface area contributed by atoms with Gasteiger partial charge in [0.05, 0.1) is 15.0 Å². The Balaban J connectivity index is 2.13. The second kappa shape index (κ2) is 6.51. The summed E-state index contributed by atoms with van der Waals surface area (Å²) in [6, 6.07) is 3.95. The largest absolute Gasteiger partial charge is 0.304 e. The quantitative estimate of drug-likeness (QED) is 0.661. The van der Waals surface area contributed by atoms with Crippen molar-refractivity contribution in [2.75, 3.05) is 0 Å². The van der Waals surface area contributed by atoms with E-state index in [9.17, 15) is 10.1 Å². The number of nitrogens with zero attached hydrogens (tertiary/aromatic N) is 2. The van der Waals surface area contributed by atoms with Gasteiger partial charge < -0.3 is 5.32 Å². The van der Waals surface area contributed by atoms with Gasteiger partial charge in [0.1, 0.15) is 0 Å². The van der Waals surface area contributed by atoms with Gasteiger partial charge in [-0.2, -0.15) is 0 Å². The van der Waals surface area contributed by atoms with Crippen LogP contribution in [0.25, 0.3) is 0 Å². The normalized spacial score (nSPS) is 12.4. The predicted molar refractivity (Wildman–Crippen MR) is 84.9 cm³/mol. The summed E-state index contributed by atoms with van der Waals surface area (Å²) in [5.41, 5.74) is 2.04. The Kier molecular flexibility index (Phi) is 4.92. The molecular formula is C14H16ClN3O2S. The Morgan fingerprint density at radius 3 is 2.76 bits per heavy atom. The third-order valence-electron chi connectivity index (χ3n) is 3.35. The Labute approximate surface area is 132 Å². The molecule has 1 atom stereocenters. The third kappa shape index (κ3) is 3.58. The standard InChI is InChI=1S/C14H16ClN3O2S/c1-8-6-17-11(9(2)14(8)18(19)20)7-16-10(3)12-4-5-13(15)21-12/h4-6,10,16H,7H2,1-3H3. The first kappa shape index (κ1) is 15.9. The maximum absolute atomic E-state index is 11.1. The molecule has 0 spiro atoms. The smallest absolute Gasteiger partial charge is 0.278 e. The summed E-state index contributed by atoms with van der Waals surface area (Å²) in [6.45, 7) is 5.94. The van der Waals surface area contributed by atoms with Gasteiger partial charge >= 0.3 is 0 Å². The van der Waals surface area contributed by atoms with Crippen molar-refractivity contribution in [3.63, 3.8) is 0 Å². The lowest BCUT2D eigenvalue weighted by Crippen LogP contribution is -2.19. The molecule has 21 heavy (non-hydrogen) atoms. The highest BCUT2D eigenvalue weighted by molar-refractivity contribution is 7.16. The summed E-state index contributed by atoms with van der Waals surface area (Å²) in [4.78, 5) is 16.2. The molecule has 0 aromatic carbocycles. The summed E-state index contributed by atoms with van der Waals surface area (Å²) >= 11 is 7.44. The molecule has 0 fully saturated rings. The average Bonchev–Trinajstić information content (AvgIpc) is 2.84. The summed E-state index contributed by atoms with van der Waals surface area (Å²) in [5, 5.41) is 14.4. The summed E-state index contributed by atoms with van der Waals surface area (Å²) in [5.74, 6) is 0. The number of aromatic nitrogens is 1. The van der Waals surface area contributed by atoms with Crippen LogP contribution in [0.1, 0.15) is 34.7 Å². The van der Waals surface area contributed by atoms with Crippen LogP contribution < -0.4 is 5.32 Å². The number of aryl methyl sites for hydroxylation is 1. The van der Waals surface area contributed by atoms with Gasteiger partial charge in [-0.05, 0) is 32.9 Å². The number of nitrogens with one attached hydrogen (secondary N) is 1. The Hall–Kier alpha value is -1.50. The second-order valence-corrected chi connectivity index (χ2v) is 6.61. The van der Waals surface area contributed by atoms with E-state index < -0.39 is 0 Å². The van der Waals surface area contributed by atoms with Crippen LogP contribution in [0, 0.1) is 24.0 Å². The van der Waals surface area contributed by atoms with E-state index >= 15 is 0 Å². The van der Waals surface area contributed by atoms with Gasteiger partial charge in [0.15, 0.2) is 0 Å². The van der Waals surface area contributed by atoms with Crippen LogP contribution in [-0.2, 0) is 6.54 Å². The highest BCUT2D eigenvalue weighted by atomic mass is 35.5. The summed E-state index contributed by atoms with van der Waals surface area (Å²) in [6.07, 6.45) is 1.55. The summed E-state index contributed by atoms with van der Waals surface area (Å²) in [7, 11) is 0. The fourth-order valence-electron chi connectivity index (χ4n) is 2.14. The van der Waals surface area contributed by atoms with Gasteiger partial charge in [-0.3, -0.25) is 15.1 Å². The minimum atomic E-state index is -0.349. The lowest BCUT2D eigenvalue weighted by atomic mass is 10.1. The molecule has 5 nitrogen and oxygen atoms in total. The molecule has 1 N–H and O–H groups in total. The zero-order chi connectivity index (χ0) is 15.6. The number of hydrogen-bond acceptors (Lipinski definition) is 5. The first-order valence-corrected chi connectivity index (χ1v) is 7.67. The molecule has 0 saturated heterocycles. The van der Waals surface area contributed by atoms with Gasteiger partial charge in [-0.25, -0.2) is 0 Å². The zero-order valence-electron chi connectivity index (χ0n) is 12.0. The molecule has 0 saturated carbocycles. The molecule has 112 valence electrons. The number of halogens is 1. The predicted octanol–water partition coefficient (Wildman–Crippen LogP) is 4.17. The molecule has 0 aliphatic rings. The number of thiophene rings is 1. The van der Waals surface area contributed by atoms with E-state index in [4.69, 9.17) is 11.6 Å². The van der Waals surface area contributed by atoms with Gasteiger partial charge in [0, 0.05) is 34.8 Å². The van der Waals surface area contributed by atoms with Gasteiger partial charge in [-0.1, -0.05) is 11.6 Å². The minimum absolute atomic E-state index is 0.115. The number of hydrogen-bond donors (Lipinski definition) is 1. The fraction of sp³-hybridized carbons (Fsp3) is 0.357. The first-order valence-electron chi connectivity index (χ1n) is 6.48. The lowest BCUT2D eigenvalue weighted by Gasteiger charge is -2.13. The van der Waals surface area contributed by atoms with Crippen LogP contribution in [-0.4, -0.2) is 9.91 Å². The molecule has 2 aromatic rings. The summed E-state index contributed by atoms with van der Waals surface area (Å²) < 4.78 is 0.749. The van der Waals surface area contributed by atoms with Crippen molar-refractivity contribution >= 4 is 28.6 Å². The van der Waals surface area contributed by atoms with Crippen molar-refractivity contribution in [3.05, 3.63) is 54.5 Å². The Morgan fingerprint density at radius 2 is 2.19 bits per heavy atom. The van der Waals surface area contributed by atoms with Crippen molar-refractivity contribution in [2.45, 2.75) is 33.4 Å². The van der Waals surface area contributed by atoms with Crippen molar-refractivity contribution in [1.29, 1.82) is 0 Å². The van der Waals surface area contributed by atoms with Crippen LogP contribution in [0.5, 0.6) is 0 Å². The Morgan fingerprint density at radius 1 is 1.48 bits per heavy atom. The van der Waals surface area contributed by atoms with E-state index in [-0.39, 0.29) is 16.7 Å². The highest BCUT2D eigenvalue weighted by Gasteiger charge is 2.19. The SMILES string of the molecule is Cc1cnc(CNC(C)c2ccc(Cl)s2)c(C)c1[N+](=O)[O-]. The molecule has 0 radical (unpaired) electrons. The number of pyridine rings is 1. The van der Waals surface area contributed by atoms with E-state index in [2.05, 4.69) is 10.3 Å². The topological polar surface area (TPSA) is 68.1 Å². The molecule has 2 rings (SSSR count). The molecular weight excluding hydrogens is 310 g/mol. The molecule has 2 heterocycles. The van der Waals surface area contributed by atoms with E-state index in [1.54, 1.807) is 20.0 Å². The highest BCUT2D eigenvalue weighted by Crippen LogP contribution is 2.28. The van der Waals surface area contributed by atoms with Gasteiger partial charge in [0.2, 0.25) is 0 Å². The second-order valence-electron chi connectivity index (χ2n) is 4.86. The molecule has 1 unspecified atom stereocenters. The monoisotopic (exact) mass is 325 g/mol. The van der Waals surface area contributed by atoms with Gasteiger partial charge in [0.25, 0.3) is 5.69 Å². The lowest BCUT2D eigenvalue weighted by molar-refractivity contribution is -0.386. The van der Waals surface area contributed by atoms with E-state index in [1.165, 1.54) is 11.3 Å².